The van der Waals surface area contributed by atoms with Gasteiger partial charge in [-0.25, -0.2) is 15.0 Å². The standard InChI is InChI=1S/C61H34N4OS/c1-2-14-37-28-42(25-24-35(37)12-1)59-62-60(64-61(63-59)47-21-11-23-55-56(47)46-20-9-10-22-54(46)67-55)43-31-50-45-27-26-36-13-7-8-19-44(36)57(45)66-58(50)53(34-43)65-51-32-40-17-5-3-15-38(40)29-48(51)49-30-39-16-4-6-18-41(39)33-52(49)65/h1-34H. The average Bonchev–Trinajstić information content (AvgIpc) is 4.06. The summed E-state index contributed by atoms with van der Waals surface area (Å²) in [5, 5.41) is 15.9. The van der Waals surface area contributed by atoms with Gasteiger partial charge in [0.1, 0.15) is 5.58 Å². The molecular weight excluding hydrogens is 837 g/mol. The van der Waals surface area contributed by atoms with Gasteiger partial charge in [-0.1, -0.05) is 146 Å². The van der Waals surface area contributed by atoms with Crippen molar-refractivity contribution >= 4 is 118 Å². The highest BCUT2D eigenvalue weighted by atomic mass is 32.1. The van der Waals surface area contributed by atoms with E-state index in [2.05, 4.69) is 211 Å². The van der Waals surface area contributed by atoms with Crippen LogP contribution in [-0.4, -0.2) is 19.5 Å². The molecule has 4 heterocycles. The van der Waals surface area contributed by atoms with Gasteiger partial charge in [0.05, 0.1) is 16.7 Å². The first kappa shape index (κ1) is 36.6. The van der Waals surface area contributed by atoms with Crippen LogP contribution in [0.25, 0.3) is 147 Å². The fourth-order valence-corrected chi connectivity index (χ4v) is 11.7. The maximum atomic E-state index is 7.22. The number of hydrogen-bond acceptors (Lipinski definition) is 5. The van der Waals surface area contributed by atoms with Crippen LogP contribution >= 0.6 is 11.3 Å². The van der Waals surface area contributed by atoms with Crippen LogP contribution in [0, 0.1) is 0 Å². The van der Waals surface area contributed by atoms with E-state index < -0.39 is 0 Å². The number of benzene rings is 11. The summed E-state index contributed by atoms with van der Waals surface area (Å²) >= 11 is 1.80. The maximum Gasteiger partial charge on any atom is 0.164 e. The second-order valence-electron chi connectivity index (χ2n) is 17.6. The van der Waals surface area contributed by atoms with Crippen molar-refractivity contribution < 1.29 is 4.42 Å². The Hall–Kier alpha value is -8.71. The van der Waals surface area contributed by atoms with Crippen molar-refractivity contribution in [2.45, 2.75) is 0 Å². The fraction of sp³-hybridized carbons (Fsp3) is 0. The molecular formula is C61H34N4OS. The second kappa shape index (κ2) is 13.9. The van der Waals surface area contributed by atoms with E-state index in [-0.39, 0.29) is 0 Å². The van der Waals surface area contributed by atoms with E-state index in [1.165, 1.54) is 47.1 Å². The molecule has 0 bridgehead atoms. The minimum absolute atomic E-state index is 0.583. The average molecular weight is 871 g/mol. The summed E-state index contributed by atoms with van der Waals surface area (Å²) in [6.07, 6.45) is 0. The Morgan fingerprint density at radius 1 is 0.343 bits per heavy atom. The van der Waals surface area contributed by atoms with Crippen molar-refractivity contribution in [1.82, 2.24) is 19.5 Å². The van der Waals surface area contributed by atoms with Gasteiger partial charge in [0.25, 0.3) is 0 Å². The second-order valence-corrected chi connectivity index (χ2v) is 18.6. The van der Waals surface area contributed by atoms with Crippen LogP contribution in [0.1, 0.15) is 0 Å². The Morgan fingerprint density at radius 2 is 0.910 bits per heavy atom. The molecule has 0 saturated carbocycles. The monoisotopic (exact) mass is 870 g/mol. The molecule has 4 aromatic heterocycles. The van der Waals surface area contributed by atoms with Crippen LogP contribution in [0.2, 0.25) is 0 Å². The Kier molecular flexibility index (Phi) is 7.59. The highest BCUT2D eigenvalue weighted by molar-refractivity contribution is 7.25. The molecule has 0 spiro atoms. The van der Waals surface area contributed by atoms with Gasteiger partial charge in [0.15, 0.2) is 23.1 Å². The molecule has 15 rings (SSSR count). The Balaban J connectivity index is 1.08. The fourth-order valence-electron chi connectivity index (χ4n) is 10.6. The van der Waals surface area contributed by atoms with Gasteiger partial charge in [-0.3, -0.25) is 0 Å². The number of nitrogens with zero attached hydrogens (tertiary/aromatic N) is 4. The van der Waals surface area contributed by atoms with Crippen LogP contribution in [0.15, 0.2) is 211 Å². The summed E-state index contributed by atoms with van der Waals surface area (Å²) in [6.45, 7) is 0. The number of hydrogen-bond donors (Lipinski definition) is 0. The lowest BCUT2D eigenvalue weighted by atomic mass is 10.0. The summed E-state index contributed by atoms with van der Waals surface area (Å²) in [7, 11) is 0. The van der Waals surface area contributed by atoms with Gasteiger partial charge in [-0.2, -0.15) is 0 Å². The number of furan rings is 1. The topological polar surface area (TPSA) is 56.7 Å². The highest BCUT2D eigenvalue weighted by Gasteiger charge is 2.24. The zero-order valence-electron chi connectivity index (χ0n) is 35.7. The summed E-state index contributed by atoms with van der Waals surface area (Å²) in [6, 6.07) is 73.9. The molecule has 0 fully saturated rings. The zero-order valence-corrected chi connectivity index (χ0v) is 36.6. The van der Waals surface area contributed by atoms with Crippen molar-refractivity contribution in [3.05, 3.63) is 206 Å². The molecule has 6 heteroatoms. The van der Waals surface area contributed by atoms with E-state index in [9.17, 15) is 0 Å². The van der Waals surface area contributed by atoms with E-state index >= 15 is 0 Å². The van der Waals surface area contributed by atoms with Gasteiger partial charge in [-0.05, 0) is 98.4 Å². The normalized spacial score (nSPS) is 12.2. The third-order valence-corrected chi connectivity index (χ3v) is 14.9. The van der Waals surface area contributed by atoms with Crippen molar-refractivity contribution in [1.29, 1.82) is 0 Å². The summed E-state index contributed by atoms with van der Waals surface area (Å²) in [5.41, 5.74) is 7.52. The van der Waals surface area contributed by atoms with Crippen LogP contribution in [-0.2, 0) is 0 Å². The Bertz CT molecular complexity index is 4500. The molecule has 0 atom stereocenters. The molecule has 0 aliphatic carbocycles. The van der Waals surface area contributed by atoms with Crippen molar-refractivity contribution in [3.63, 3.8) is 0 Å². The molecule has 0 radical (unpaired) electrons. The molecule has 0 amide bonds. The highest BCUT2D eigenvalue weighted by Crippen LogP contribution is 2.45. The van der Waals surface area contributed by atoms with Gasteiger partial charge in [-0.15, -0.1) is 11.3 Å². The van der Waals surface area contributed by atoms with Crippen molar-refractivity contribution in [2.75, 3.05) is 0 Å². The Morgan fingerprint density at radius 3 is 1.64 bits per heavy atom. The molecule has 0 N–H and O–H groups in total. The summed E-state index contributed by atoms with van der Waals surface area (Å²) in [4.78, 5) is 16.3. The van der Waals surface area contributed by atoms with E-state index in [0.717, 1.165) is 82.3 Å². The lowest BCUT2D eigenvalue weighted by Crippen LogP contribution is -2.02. The molecule has 67 heavy (non-hydrogen) atoms. The number of thiophene rings is 1. The van der Waals surface area contributed by atoms with Gasteiger partial charge < -0.3 is 8.98 Å². The van der Waals surface area contributed by atoms with Gasteiger partial charge in [0, 0.05) is 63.8 Å². The summed E-state index contributed by atoms with van der Waals surface area (Å²) in [5.74, 6) is 1.82. The summed E-state index contributed by atoms with van der Waals surface area (Å²) < 4.78 is 12.1. The molecule has 310 valence electrons. The molecule has 15 aromatic rings. The van der Waals surface area contributed by atoms with Crippen molar-refractivity contribution in [3.8, 4) is 39.9 Å². The lowest BCUT2D eigenvalue weighted by molar-refractivity contribution is 0.670. The van der Waals surface area contributed by atoms with E-state index in [4.69, 9.17) is 19.4 Å². The molecule has 0 aliphatic rings. The first-order valence-electron chi connectivity index (χ1n) is 22.6. The molecule has 0 saturated heterocycles. The van der Waals surface area contributed by atoms with Gasteiger partial charge >= 0.3 is 0 Å². The Labute approximate surface area is 386 Å². The largest absolute Gasteiger partial charge is 0.453 e. The molecule has 11 aromatic carbocycles. The van der Waals surface area contributed by atoms with Crippen LogP contribution < -0.4 is 0 Å². The lowest BCUT2D eigenvalue weighted by Gasteiger charge is -2.13. The van der Waals surface area contributed by atoms with E-state index in [0.29, 0.717) is 17.5 Å². The maximum absolute atomic E-state index is 7.22. The third kappa shape index (κ3) is 5.51. The third-order valence-electron chi connectivity index (χ3n) is 13.7. The SMILES string of the molecule is c1ccc2cc(-c3nc(-c4cc(-n5c6cc7ccccc7cc6c6cc7ccccc7cc65)c5oc6c7ccccc7ccc6c5c4)nc(-c4cccc5sc6ccccc6c45)n3)ccc2c1. The van der Waals surface area contributed by atoms with E-state index in [1.54, 1.807) is 11.3 Å². The number of aromatic nitrogens is 4. The molecule has 0 aliphatic heterocycles. The van der Waals surface area contributed by atoms with Crippen molar-refractivity contribution in [2.24, 2.45) is 0 Å². The molecule has 5 nitrogen and oxygen atoms in total. The molecule has 0 unspecified atom stereocenters. The minimum atomic E-state index is 0.583. The minimum Gasteiger partial charge on any atom is -0.453 e. The van der Waals surface area contributed by atoms with Crippen LogP contribution in [0.4, 0.5) is 0 Å². The number of fused-ring (bicyclic) bond motifs is 14. The smallest absolute Gasteiger partial charge is 0.164 e. The first-order chi connectivity index (χ1) is 33.2. The van der Waals surface area contributed by atoms with E-state index in [1.807, 2.05) is 0 Å². The quantitative estimate of drug-likeness (QED) is 0.177. The van der Waals surface area contributed by atoms with Gasteiger partial charge in [0.2, 0.25) is 0 Å². The first-order valence-corrected chi connectivity index (χ1v) is 23.4. The number of rotatable bonds is 4. The zero-order chi connectivity index (χ0) is 43.7. The predicted molar refractivity (Wildman–Crippen MR) is 281 cm³/mol. The van der Waals surface area contributed by atoms with Crippen LogP contribution in [0.5, 0.6) is 0 Å². The predicted octanol–water partition coefficient (Wildman–Crippen LogP) is 16.8. The van der Waals surface area contributed by atoms with Crippen LogP contribution in [0.3, 0.4) is 0 Å².